The van der Waals surface area contributed by atoms with E-state index in [0.29, 0.717) is 0 Å². The van der Waals surface area contributed by atoms with Gasteiger partial charge in [0.1, 0.15) is 11.5 Å². The smallest absolute Gasteiger partial charge is 0.219 e. The molecular formula is C37H43N3O2. The summed E-state index contributed by atoms with van der Waals surface area (Å²) in [4.78, 5) is 16.1. The van der Waals surface area contributed by atoms with Crippen LogP contribution in [0.5, 0.6) is 5.75 Å². The summed E-state index contributed by atoms with van der Waals surface area (Å²) in [7, 11) is 0. The van der Waals surface area contributed by atoms with Crippen LogP contribution in [-0.2, 0) is 4.79 Å². The molecule has 5 heteroatoms. The molecule has 1 amide bonds. The van der Waals surface area contributed by atoms with Crippen molar-refractivity contribution in [3.05, 3.63) is 113 Å². The number of rotatable bonds is 7. The Morgan fingerprint density at radius 1 is 0.952 bits per heavy atom. The van der Waals surface area contributed by atoms with E-state index in [-0.39, 0.29) is 18.0 Å². The van der Waals surface area contributed by atoms with Gasteiger partial charge in [-0.3, -0.25) is 9.69 Å². The van der Waals surface area contributed by atoms with Gasteiger partial charge >= 0.3 is 0 Å². The lowest BCUT2D eigenvalue weighted by Crippen LogP contribution is -2.48. The number of anilines is 1. The van der Waals surface area contributed by atoms with Crippen molar-refractivity contribution in [2.24, 2.45) is 0 Å². The first-order chi connectivity index (χ1) is 20.0. The number of hydrogen-bond acceptors (Lipinski definition) is 4. The highest BCUT2D eigenvalue weighted by molar-refractivity contribution is 5.92. The molecule has 5 nitrogen and oxygen atoms in total. The predicted octanol–water partition coefficient (Wildman–Crippen LogP) is 8.26. The first kappa shape index (κ1) is 29.4. The molecule has 1 fully saturated rings. The molecule has 42 heavy (non-hydrogen) atoms. The van der Waals surface area contributed by atoms with Crippen molar-refractivity contribution >= 4 is 28.5 Å². The van der Waals surface area contributed by atoms with Crippen molar-refractivity contribution < 1.29 is 9.53 Å². The number of benzene rings is 3. The van der Waals surface area contributed by atoms with Gasteiger partial charge in [-0.05, 0) is 80.2 Å². The van der Waals surface area contributed by atoms with E-state index in [1.807, 2.05) is 24.0 Å². The molecule has 2 aliphatic rings. The van der Waals surface area contributed by atoms with Crippen LogP contribution >= 0.6 is 0 Å². The van der Waals surface area contributed by atoms with Gasteiger partial charge in [0.15, 0.2) is 0 Å². The molecule has 0 aliphatic carbocycles. The molecule has 2 unspecified atom stereocenters. The van der Waals surface area contributed by atoms with Crippen molar-refractivity contribution in [1.29, 1.82) is 0 Å². The normalized spacial score (nSPS) is 16.9. The van der Waals surface area contributed by atoms with E-state index in [1.165, 1.54) is 11.1 Å². The van der Waals surface area contributed by atoms with E-state index in [0.717, 1.165) is 82.3 Å². The van der Waals surface area contributed by atoms with Crippen LogP contribution in [0.2, 0.25) is 0 Å². The monoisotopic (exact) mass is 561 g/mol. The zero-order valence-corrected chi connectivity index (χ0v) is 25.9. The molecule has 0 radical (unpaired) electrons. The first-order valence-corrected chi connectivity index (χ1v) is 14.9. The standard InChI is InChI=1S/C37H43N3O2/c1-23(2)32-11-9-10-12-35(32)38-27(6)34-22-24(3)21-33-25(4)26(5)36(42-37(33)34)31-15-13-30(14-16-31)28(7)39-17-19-40(20-18-39)29(8)41/h9-16,21-22,27-28,38H,1,4,17-20H2,2-3,5-8H3. The Hall–Kier alpha value is -4.09. The zero-order chi connectivity index (χ0) is 30.1. The van der Waals surface area contributed by atoms with E-state index < -0.39 is 0 Å². The molecule has 1 saturated heterocycles. The summed E-state index contributed by atoms with van der Waals surface area (Å²) in [5, 5.41) is 3.71. The van der Waals surface area contributed by atoms with Crippen LogP contribution in [0.15, 0.2) is 79.4 Å². The number of nitrogens with one attached hydrogen (secondary N) is 1. The van der Waals surface area contributed by atoms with Crippen molar-refractivity contribution in [3.8, 4) is 5.75 Å². The minimum Gasteiger partial charge on any atom is -0.455 e. The number of ether oxygens (including phenoxy) is 1. The minimum atomic E-state index is -0.00157. The van der Waals surface area contributed by atoms with E-state index in [9.17, 15) is 4.79 Å². The van der Waals surface area contributed by atoms with Gasteiger partial charge in [0.25, 0.3) is 0 Å². The Morgan fingerprint density at radius 3 is 2.26 bits per heavy atom. The highest BCUT2D eigenvalue weighted by Crippen LogP contribution is 2.45. The maximum Gasteiger partial charge on any atom is 0.219 e. The third-order valence-corrected chi connectivity index (χ3v) is 8.77. The van der Waals surface area contributed by atoms with Gasteiger partial charge in [-0.1, -0.05) is 61.7 Å². The molecule has 5 rings (SSSR count). The van der Waals surface area contributed by atoms with E-state index in [2.05, 4.69) is 99.6 Å². The van der Waals surface area contributed by atoms with Crippen molar-refractivity contribution in [3.63, 3.8) is 0 Å². The number of para-hydroxylation sites is 1. The van der Waals surface area contributed by atoms with E-state index >= 15 is 0 Å². The minimum absolute atomic E-state index is 0.00157. The lowest BCUT2D eigenvalue weighted by atomic mass is 9.89. The van der Waals surface area contributed by atoms with Crippen LogP contribution < -0.4 is 10.1 Å². The molecule has 2 atom stereocenters. The predicted molar refractivity (Wildman–Crippen MR) is 175 cm³/mol. The topological polar surface area (TPSA) is 44.8 Å². The summed E-state index contributed by atoms with van der Waals surface area (Å²) >= 11 is 0. The van der Waals surface area contributed by atoms with Gasteiger partial charge in [-0.25, -0.2) is 0 Å². The van der Waals surface area contributed by atoms with Gasteiger partial charge in [-0.2, -0.15) is 0 Å². The fourth-order valence-corrected chi connectivity index (χ4v) is 6.09. The molecule has 2 aliphatic heterocycles. The van der Waals surface area contributed by atoms with E-state index in [4.69, 9.17) is 4.74 Å². The fraction of sp³-hybridized carbons (Fsp3) is 0.324. The SMILES string of the molecule is C=C(C)c1ccccc1NC(C)c1cc(C)cc2c1OC(c1ccc(C(C)N3CCN(C(C)=O)CC3)cc1)=C(C)C2=C. The number of fused-ring (bicyclic) bond motifs is 1. The third kappa shape index (κ3) is 5.79. The maximum atomic E-state index is 11.7. The quantitative estimate of drug-likeness (QED) is 0.315. The lowest BCUT2D eigenvalue weighted by molar-refractivity contribution is -0.130. The second-order valence-corrected chi connectivity index (χ2v) is 11.8. The van der Waals surface area contributed by atoms with Crippen LogP contribution in [0.3, 0.4) is 0 Å². The molecule has 0 saturated carbocycles. The average Bonchev–Trinajstić information content (AvgIpc) is 2.98. The number of carbonyl (C=O) groups excluding carboxylic acids is 1. The Bertz CT molecular complexity index is 1560. The molecule has 3 aromatic carbocycles. The zero-order valence-electron chi connectivity index (χ0n) is 25.9. The summed E-state index contributed by atoms with van der Waals surface area (Å²) in [6.07, 6.45) is 0. The molecular weight excluding hydrogens is 518 g/mol. The summed E-state index contributed by atoms with van der Waals surface area (Å²) in [6, 6.07) is 21.7. The summed E-state index contributed by atoms with van der Waals surface area (Å²) in [6.45, 7) is 24.3. The van der Waals surface area contributed by atoms with Crippen LogP contribution in [-0.4, -0.2) is 41.9 Å². The highest BCUT2D eigenvalue weighted by atomic mass is 16.5. The number of nitrogens with zero attached hydrogens (tertiary/aromatic N) is 2. The molecule has 218 valence electrons. The second-order valence-electron chi connectivity index (χ2n) is 11.8. The van der Waals surface area contributed by atoms with Gasteiger partial charge in [-0.15, -0.1) is 0 Å². The van der Waals surface area contributed by atoms with Crippen LogP contribution in [0.1, 0.15) is 80.1 Å². The van der Waals surface area contributed by atoms with Crippen molar-refractivity contribution in [2.75, 3.05) is 31.5 Å². The number of piperazine rings is 1. The number of allylic oxidation sites excluding steroid dienone is 3. The Morgan fingerprint density at radius 2 is 1.62 bits per heavy atom. The molecule has 1 N–H and O–H groups in total. The Kier molecular flexibility index (Phi) is 8.42. The summed E-state index contributed by atoms with van der Waals surface area (Å²) in [5.41, 5.74) is 10.9. The average molecular weight is 562 g/mol. The van der Waals surface area contributed by atoms with Crippen LogP contribution in [0.4, 0.5) is 5.69 Å². The van der Waals surface area contributed by atoms with Crippen molar-refractivity contribution in [1.82, 2.24) is 9.80 Å². The van der Waals surface area contributed by atoms with Gasteiger partial charge in [0.2, 0.25) is 5.91 Å². The molecule has 2 heterocycles. The fourth-order valence-electron chi connectivity index (χ4n) is 6.09. The number of hydrogen-bond donors (Lipinski definition) is 1. The second kappa shape index (κ2) is 12.0. The van der Waals surface area contributed by atoms with Gasteiger partial charge < -0.3 is 15.0 Å². The summed E-state index contributed by atoms with van der Waals surface area (Å²) in [5.74, 6) is 1.87. The summed E-state index contributed by atoms with van der Waals surface area (Å²) < 4.78 is 6.79. The Balaban J connectivity index is 1.40. The lowest BCUT2D eigenvalue weighted by Gasteiger charge is -2.38. The largest absolute Gasteiger partial charge is 0.455 e. The molecule has 0 aromatic heterocycles. The van der Waals surface area contributed by atoms with Crippen LogP contribution in [0.25, 0.3) is 16.9 Å². The number of aryl methyl sites for hydroxylation is 1. The molecule has 0 spiro atoms. The van der Waals surface area contributed by atoms with E-state index in [1.54, 1.807) is 6.92 Å². The molecule has 3 aromatic rings. The Labute approximate surface area is 251 Å². The van der Waals surface area contributed by atoms with Crippen molar-refractivity contribution in [2.45, 2.75) is 53.6 Å². The number of carbonyl (C=O) groups is 1. The molecule has 0 bridgehead atoms. The van der Waals surface area contributed by atoms with Crippen LogP contribution in [0, 0.1) is 6.92 Å². The highest BCUT2D eigenvalue weighted by Gasteiger charge is 2.28. The first-order valence-electron chi connectivity index (χ1n) is 14.9. The maximum absolute atomic E-state index is 11.7. The number of amides is 1. The van der Waals surface area contributed by atoms with Gasteiger partial charge in [0.05, 0.1) is 6.04 Å². The third-order valence-electron chi connectivity index (χ3n) is 8.77. The van der Waals surface area contributed by atoms with Gasteiger partial charge in [0, 0.05) is 61.5 Å².